The van der Waals surface area contributed by atoms with Gasteiger partial charge < -0.3 is 5.73 Å². The third kappa shape index (κ3) is 1.72. The molecule has 0 spiro atoms. The van der Waals surface area contributed by atoms with Gasteiger partial charge in [0.05, 0.1) is 11.6 Å². The molecule has 0 saturated carbocycles. The molecule has 0 unspecified atom stereocenters. The lowest BCUT2D eigenvalue weighted by molar-refractivity contribution is 1.14. The summed E-state index contributed by atoms with van der Waals surface area (Å²) in [5, 5.41) is 0.903. The van der Waals surface area contributed by atoms with Gasteiger partial charge in [-0.05, 0) is 13.0 Å². The number of hydrogen-bond donors (Lipinski definition) is 1. The Morgan fingerprint density at radius 2 is 2.12 bits per heavy atom. The van der Waals surface area contributed by atoms with Crippen LogP contribution in [0.3, 0.4) is 0 Å². The number of nitrogen functional groups attached to an aromatic ring is 1. The molecule has 0 fully saturated rings. The minimum absolute atomic E-state index is 0.486. The molecular weight excluding hydrogens is 234 g/mol. The van der Waals surface area contributed by atoms with Gasteiger partial charge >= 0.3 is 0 Å². The molecule has 0 atom stereocenters. The molecule has 0 saturated heterocycles. The summed E-state index contributed by atoms with van der Waals surface area (Å²) in [4.78, 5) is 18.9. The summed E-state index contributed by atoms with van der Waals surface area (Å²) in [6, 6.07) is 2.00. The van der Waals surface area contributed by atoms with Crippen LogP contribution < -0.4 is 5.73 Å². The summed E-state index contributed by atoms with van der Waals surface area (Å²) in [6.07, 6.45) is 4.85. The molecule has 0 aromatic carbocycles. The van der Waals surface area contributed by atoms with Crippen LogP contribution in [0.15, 0.2) is 24.7 Å². The van der Waals surface area contributed by atoms with Crippen molar-refractivity contribution in [1.29, 1.82) is 0 Å². The number of hydrogen-bond acceptors (Lipinski definition) is 6. The molecule has 3 aromatic heterocycles. The number of rotatable bonds is 1. The van der Waals surface area contributed by atoms with E-state index < -0.39 is 0 Å². The van der Waals surface area contributed by atoms with Gasteiger partial charge in [-0.25, -0.2) is 15.0 Å². The number of thiophene rings is 1. The average Bonchev–Trinajstić information content (AvgIpc) is 2.71. The van der Waals surface area contributed by atoms with Crippen LogP contribution in [-0.4, -0.2) is 19.9 Å². The maximum Gasteiger partial charge on any atom is 0.183 e. The standard InChI is InChI=1S/C11H9N5S/c1-6-4-7-9(12)15-10(16-11(7)17-6)8-5-13-2-3-14-8/h2-5H,1H3,(H2,12,15,16). The molecule has 0 aliphatic carbocycles. The number of aryl methyl sites for hydroxylation is 1. The highest BCUT2D eigenvalue weighted by molar-refractivity contribution is 7.18. The lowest BCUT2D eigenvalue weighted by atomic mass is 10.3. The topological polar surface area (TPSA) is 77.6 Å². The molecular formula is C11H9N5S. The predicted octanol–water partition coefficient (Wildman–Crippen LogP) is 2.04. The smallest absolute Gasteiger partial charge is 0.183 e. The number of anilines is 1. The number of nitrogens with zero attached hydrogens (tertiary/aromatic N) is 4. The lowest BCUT2D eigenvalue weighted by Gasteiger charge is -2.00. The third-order valence-electron chi connectivity index (χ3n) is 2.34. The van der Waals surface area contributed by atoms with Gasteiger partial charge in [-0.1, -0.05) is 0 Å². The molecule has 84 valence electrons. The summed E-state index contributed by atoms with van der Waals surface area (Å²) in [7, 11) is 0. The molecule has 5 nitrogen and oxygen atoms in total. The van der Waals surface area contributed by atoms with Crippen molar-refractivity contribution in [3.05, 3.63) is 29.5 Å². The second-order valence-corrected chi connectivity index (χ2v) is 4.83. The molecule has 3 rings (SSSR count). The summed E-state index contributed by atoms with van der Waals surface area (Å²) < 4.78 is 0. The normalized spacial score (nSPS) is 10.9. The van der Waals surface area contributed by atoms with Gasteiger partial charge in [0.2, 0.25) is 0 Å². The fourth-order valence-electron chi connectivity index (χ4n) is 1.59. The van der Waals surface area contributed by atoms with Crippen LogP contribution >= 0.6 is 11.3 Å². The first-order valence-corrected chi connectivity index (χ1v) is 5.86. The van der Waals surface area contributed by atoms with Crippen molar-refractivity contribution in [2.45, 2.75) is 6.92 Å². The molecule has 0 aliphatic rings. The van der Waals surface area contributed by atoms with E-state index in [4.69, 9.17) is 5.73 Å². The Hall–Kier alpha value is -2.08. The van der Waals surface area contributed by atoms with Gasteiger partial charge in [0.15, 0.2) is 5.82 Å². The Bertz CT molecular complexity index is 677. The SMILES string of the molecule is Cc1cc2c(N)nc(-c3cnccn3)nc2s1. The van der Waals surface area contributed by atoms with Gasteiger partial charge in [0, 0.05) is 17.3 Å². The van der Waals surface area contributed by atoms with E-state index in [1.807, 2.05) is 13.0 Å². The molecule has 3 aromatic rings. The first-order chi connectivity index (χ1) is 8.24. The molecule has 17 heavy (non-hydrogen) atoms. The number of aromatic nitrogens is 4. The monoisotopic (exact) mass is 243 g/mol. The van der Waals surface area contributed by atoms with Gasteiger partial charge in [0.25, 0.3) is 0 Å². The van der Waals surface area contributed by atoms with Crippen LogP contribution in [0, 0.1) is 6.92 Å². The predicted molar refractivity (Wildman–Crippen MR) is 67.6 cm³/mol. The van der Waals surface area contributed by atoms with Crippen molar-refractivity contribution in [2.24, 2.45) is 0 Å². The van der Waals surface area contributed by atoms with Crippen LogP contribution in [-0.2, 0) is 0 Å². The number of fused-ring (bicyclic) bond motifs is 1. The molecule has 0 radical (unpaired) electrons. The Balaban J connectivity index is 2.25. The Morgan fingerprint density at radius 1 is 1.24 bits per heavy atom. The zero-order chi connectivity index (χ0) is 11.8. The zero-order valence-corrected chi connectivity index (χ0v) is 9.90. The van der Waals surface area contributed by atoms with E-state index in [-0.39, 0.29) is 0 Å². The molecule has 0 aliphatic heterocycles. The highest BCUT2D eigenvalue weighted by Gasteiger charge is 2.10. The first-order valence-electron chi connectivity index (χ1n) is 5.04. The van der Waals surface area contributed by atoms with E-state index in [2.05, 4.69) is 19.9 Å². The highest BCUT2D eigenvalue weighted by Crippen LogP contribution is 2.28. The van der Waals surface area contributed by atoms with Crippen molar-refractivity contribution in [2.75, 3.05) is 5.73 Å². The van der Waals surface area contributed by atoms with Crippen molar-refractivity contribution in [3.8, 4) is 11.5 Å². The van der Waals surface area contributed by atoms with E-state index in [1.54, 1.807) is 29.9 Å². The molecule has 2 N–H and O–H groups in total. The van der Waals surface area contributed by atoms with Gasteiger partial charge in [0.1, 0.15) is 16.3 Å². The molecule has 0 bridgehead atoms. The minimum Gasteiger partial charge on any atom is -0.383 e. The maximum atomic E-state index is 5.92. The fraction of sp³-hybridized carbons (Fsp3) is 0.0909. The Morgan fingerprint density at radius 3 is 2.88 bits per heavy atom. The first kappa shape index (κ1) is 10.1. The summed E-state index contributed by atoms with van der Waals surface area (Å²) >= 11 is 1.60. The Labute approximate surface area is 101 Å². The second kappa shape index (κ2) is 3.74. The van der Waals surface area contributed by atoms with E-state index in [0.29, 0.717) is 17.3 Å². The molecule has 0 amide bonds. The third-order valence-corrected chi connectivity index (χ3v) is 3.28. The Kier molecular flexibility index (Phi) is 2.22. The van der Waals surface area contributed by atoms with Crippen molar-refractivity contribution in [1.82, 2.24) is 19.9 Å². The van der Waals surface area contributed by atoms with Gasteiger partial charge in [-0.2, -0.15) is 0 Å². The van der Waals surface area contributed by atoms with E-state index in [1.165, 1.54) is 0 Å². The largest absolute Gasteiger partial charge is 0.383 e. The van der Waals surface area contributed by atoms with Gasteiger partial charge in [-0.3, -0.25) is 4.98 Å². The quantitative estimate of drug-likeness (QED) is 0.707. The van der Waals surface area contributed by atoms with Crippen LogP contribution in [0.25, 0.3) is 21.7 Å². The summed E-state index contributed by atoms with van der Waals surface area (Å²) in [5.41, 5.74) is 6.55. The van der Waals surface area contributed by atoms with Crippen LogP contribution in [0.1, 0.15) is 4.88 Å². The summed E-state index contributed by atoms with van der Waals surface area (Å²) in [5.74, 6) is 1.00. The van der Waals surface area contributed by atoms with Crippen molar-refractivity contribution < 1.29 is 0 Å². The fourth-order valence-corrected chi connectivity index (χ4v) is 2.48. The van der Waals surface area contributed by atoms with E-state index in [9.17, 15) is 0 Å². The maximum absolute atomic E-state index is 5.92. The number of nitrogens with two attached hydrogens (primary N) is 1. The van der Waals surface area contributed by atoms with Crippen molar-refractivity contribution in [3.63, 3.8) is 0 Å². The summed E-state index contributed by atoms with van der Waals surface area (Å²) in [6.45, 7) is 2.02. The highest BCUT2D eigenvalue weighted by atomic mass is 32.1. The average molecular weight is 243 g/mol. The second-order valence-electron chi connectivity index (χ2n) is 3.60. The molecule has 3 heterocycles. The van der Waals surface area contributed by atoms with Crippen LogP contribution in [0.5, 0.6) is 0 Å². The molecule has 6 heteroatoms. The van der Waals surface area contributed by atoms with E-state index in [0.717, 1.165) is 15.1 Å². The van der Waals surface area contributed by atoms with Crippen molar-refractivity contribution >= 4 is 27.4 Å². The lowest BCUT2D eigenvalue weighted by Crippen LogP contribution is -1.97. The minimum atomic E-state index is 0.486. The zero-order valence-electron chi connectivity index (χ0n) is 9.08. The van der Waals surface area contributed by atoms with Crippen LogP contribution in [0.4, 0.5) is 5.82 Å². The van der Waals surface area contributed by atoms with Gasteiger partial charge in [-0.15, -0.1) is 11.3 Å². The van der Waals surface area contributed by atoms with Crippen LogP contribution in [0.2, 0.25) is 0 Å². The van der Waals surface area contributed by atoms with E-state index >= 15 is 0 Å².